The number of anilines is 4. The SMILES string of the molecule is CCOC(=O)/C=C(\C)Nc1cc(N/C(C)=C/C(=O)OCC)c(N)cc1N. The monoisotopic (exact) mass is 362 g/mol. The third-order valence-electron chi connectivity index (χ3n) is 3.13. The number of esters is 2. The Kier molecular flexibility index (Phi) is 8.01. The molecule has 0 fully saturated rings. The van der Waals surface area contributed by atoms with Crippen molar-refractivity contribution >= 4 is 34.7 Å². The summed E-state index contributed by atoms with van der Waals surface area (Å²) in [5.41, 5.74) is 15.0. The van der Waals surface area contributed by atoms with Gasteiger partial charge in [0.05, 0.1) is 36.0 Å². The average molecular weight is 362 g/mol. The minimum absolute atomic E-state index is 0.298. The molecule has 0 saturated carbocycles. The van der Waals surface area contributed by atoms with E-state index < -0.39 is 11.9 Å². The molecule has 0 aliphatic carbocycles. The molecular weight excluding hydrogens is 336 g/mol. The molecule has 142 valence electrons. The Morgan fingerprint density at radius 2 is 1.27 bits per heavy atom. The van der Waals surface area contributed by atoms with Gasteiger partial charge in [0.1, 0.15) is 0 Å². The number of ether oxygens (including phenoxy) is 2. The van der Waals surface area contributed by atoms with Crippen LogP contribution in [0.5, 0.6) is 0 Å². The van der Waals surface area contributed by atoms with E-state index in [-0.39, 0.29) is 0 Å². The van der Waals surface area contributed by atoms with Crippen molar-refractivity contribution in [2.75, 3.05) is 35.3 Å². The molecular formula is C18H26N4O4. The Morgan fingerprint density at radius 1 is 0.885 bits per heavy atom. The lowest BCUT2D eigenvalue weighted by molar-refractivity contribution is -0.138. The minimum Gasteiger partial charge on any atom is -0.463 e. The molecule has 0 amide bonds. The van der Waals surface area contributed by atoms with Crippen LogP contribution in [0.1, 0.15) is 27.7 Å². The smallest absolute Gasteiger partial charge is 0.332 e. The van der Waals surface area contributed by atoms with Crippen LogP contribution in [0.25, 0.3) is 0 Å². The van der Waals surface area contributed by atoms with Crippen LogP contribution in [0.2, 0.25) is 0 Å². The van der Waals surface area contributed by atoms with Gasteiger partial charge in [0.15, 0.2) is 0 Å². The highest BCUT2D eigenvalue weighted by Gasteiger charge is 2.08. The number of benzene rings is 1. The Morgan fingerprint density at radius 3 is 1.62 bits per heavy atom. The molecule has 8 heteroatoms. The molecule has 0 aromatic heterocycles. The zero-order valence-corrected chi connectivity index (χ0v) is 15.5. The molecule has 0 atom stereocenters. The molecule has 6 N–H and O–H groups in total. The molecule has 26 heavy (non-hydrogen) atoms. The number of carbonyl (C=O) groups excluding carboxylic acids is 2. The lowest BCUT2D eigenvalue weighted by Gasteiger charge is -2.15. The maximum atomic E-state index is 11.5. The summed E-state index contributed by atoms with van der Waals surface area (Å²) in [6.07, 6.45) is 2.66. The number of allylic oxidation sites excluding steroid dienone is 2. The maximum Gasteiger partial charge on any atom is 0.332 e. The van der Waals surface area contributed by atoms with Crippen molar-refractivity contribution in [1.82, 2.24) is 0 Å². The number of nitrogen functional groups attached to an aromatic ring is 2. The van der Waals surface area contributed by atoms with Crippen LogP contribution in [-0.2, 0) is 19.1 Å². The van der Waals surface area contributed by atoms with Crippen LogP contribution in [0.3, 0.4) is 0 Å². The van der Waals surface area contributed by atoms with Crippen LogP contribution < -0.4 is 22.1 Å². The molecule has 0 saturated heterocycles. The van der Waals surface area contributed by atoms with Gasteiger partial charge >= 0.3 is 11.9 Å². The van der Waals surface area contributed by atoms with Gasteiger partial charge in [-0.05, 0) is 39.8 Å². The predicted octanol–water partition coefficient (Wildman–Crippen LogP) is 2.61. The zero-order valence-electron chi connectivity index (χ0n) is 15.5. The topological polar surface area (TPSA) is 129 Å². The van der Waals surface area contributed by atoms with Crippen LogP contribution in [-0.4, -0.2) is 25.2 Å². The van der Waals surface area contributed by atoms with Gasteiger partial charge in [-0.25, -0.2) is 9.59 Å². The molecule has 0 aliphatic rings. The van der Waals surface area contributed by atoms with Crippen molar-refractivity contribution < 1.29 is 19.1 Å². The second-order valence-electron chi connectivity index (χ2n) is 5.44. The van der Waals surface area contributed by atoms with Crippen molar-refractivity contribution in [3.8, 4) is 0 Å². The van der Waals surface area contributed by atoms with Crippen molar-refractivity contribution in [1.29, 1.82) is 0 Å². The van der Waals surface area contributed by atoms with E-state index in [9.17, 15) is 9.59 Å². The summed E-state index contributed by atoms with van der Waals surface area (Å²) in [7, 11) is 0. The molecule has 1 aromatic rings. The van der Waals surface area contributed by atoms with E-state index in [1.165, 1.54) is 12.2 Å². The van der Waals surface area contributed by atoms with Crippen molar-refractivity contribution in [2.24, 2.45) is 0 Å². The first-order valence-electron chi connectivity index (χ1n) is 8.19. The molecule has 0 radical (unpaired) electrons. The molecule has 0 bridgehead atoms. The van der Waals surface area contributed by atoms with Gasteiger partial charge in [-0.1, -0.05) is 0 Å². The Hall–Kier alpha value is -3.16. The summed E-state index contributed by atoms with van der Waals surface area (Å²) < 4.78 is 9.73. The fraction of sp³-hybridized carbons (Fsp3) is 0.333. The number of hydrogen-bond donors (Lipinski definition) is 4. The lowest BCUT2D eigenvalue weighted by Crippen LogP contribution is -2.08. The van der Waals surface area contributed by atoms with Gasteiger partial charge in [0, 0.05) is 23.5 Å². The van der Waals surface area contributed by atoms with Gasteiger partial charge in [-0.3, -0.25) is 0 Å². The van der Waals surface area contributed by atoms with Crippen LogP contribution in [0, 0.1) is 0 Å². The van der Waals surface area contributed by atoms with E-state index in [0.29, 0.717) is 47.4 Å². The van der Waals surface area contributed by atoms with Gasteiger partial charge in [0.2, 0.25) is 0 Å². The number of carbonyl (C=O) groups is 2. The van der Waals surface area contributed by atoms with E-state index in [1.807, 2.05) is 0 Å². The summed E-state index contributed by atoms with van der Waals surface area (Å²) in [6, 6.07) is 3.27. The van der Waals surface area contributed by atoms with Gasteiger partial charge in [-0.2, -0.15) is 0 Å². The van der Waals surface area contributed by atoms with Crippen molar-refractivity contribution in [2.45, 2.75) is 27.7 Å². The first kappa shape index (κ1) is 20.9. The number of nitrogens with two attached hydrogens (primary N) is 2. The molecule has 1 rings (SSSR count). The Labute approximate surface area is 153 Å². The summed E-state index contributed by atoms with van der Waals surface area (Å²) in [4.78, 5) is 23.0. The van der Waals surface area contributed by atoms with E-state index in [0.717, 1.165) is 0 Å². The molecule has 0 unspecified atom stereocenters. The highest BCUT2D eigenvalue weighted by molar-refractivity contribution is 5.87. The van der Waals surface area contributed by atoms with Crippen LogP contribution in [0.15, 0.2) is 35.7 Å². The summed E-state index contributed by atoms with van der Waals surface area (Å²) in [6.45, 7) is 7.49. The number of rotatable bonds is 8. The highest BCUT2D eigenvalue weighted by Crippen LogP contribution is 2.31. The first-order chi connectivity index (χ1) is 12.3. The first-order valence-corrected chi connectivity index (χ1v) is 8.19. The summed E-state index contributed by atoms with van der Waals surface area (Å²) in [5.74, 6) is -0.892. The van der Waals surface area contributed by atoms with Crippen molar-refractivity contribution in [3.63, 3.8) is 0 Å². The maximum absolute atomic E-state index is 11.5. The zero-order chi connectivity index (χ0) is 19.7. The molecule has 0 spiro atoms. The second-order valence-corrected chi connectivity index (χ2v) is 5.44. The normalized spacial score (nSPS) is 11.7. The quantitative estimate of drug-likeness (QED) is 0.315. The standard InChI is InChI=1S/C18H26N4O4/c1-5-25-17(23)7-11(3)21-15-10-16(14(20)9-13(15)19)22-12(4)8-18(24)26-6-2/h7-10,21-22H,5-6,19-20H2,1-4H3/b11-7+,12-8+. The van der Waals surface area contributed by atoms with E-state index >= 15 is 0 Å². The van der Waals surface area contributed by atoms with Crippen molar-refractivity contribution in [3.05, 3.63) is 35.7 Å². The largest absolute Gasteiger partial charge is 0.463 e. The highest BCUT2D eigenvalue weighted by atomic mass is 16.5. The van der Waals surface area contributed by atoms with Gasteiger partial charge in [0.25, 0.3) is 0 Å². The Balaban J connectivity index is 2.98. The second kappa shape index (κ2) is 9.97. The molecule has 0 aliphatic heterocycles. The average Bonchev–Trinajstić information content (AvgIpc) is 2.52. The van der Waals surface area contributed by atoms with E-state index in [4.69, 9.17) is 20.9 Å². The van der Waals surface area contributed by atoms with E-state index in [2.05, 4.69) is 10.6 Å². The van der Waals surface area contributed by atoms with Gasteiger partial charge in [-0.15, -0.1) is 0 Å². The third kappa shape index (κ3) is 6.76. The lowest BCUT2D eigenvalue weighted by atomic mass is 10.2. The Bertz CT molecular complexity index is 669. The van der Waals surface area contributed by atoms with Gasteiger partial charge < -0.3 is 31.6 Å². The summed E-state index contributed by atoms with van der Waals surface area (Å²) in [5, 5.41) is 6.06. The van der Waals surface area contributed by atoms with Crippen LogP contribution in [0.4, 0.5) is 22.7 Å². The predicted molar refractivity (Wildman–Crippen MR) is 103 cm³/mol. The third-order valence-corrected chi connectivity index (χ3v) is 3.13. The van der Waals surface area contributed by atoms with E-state index in [1.54, 1.807) is 39.8 Å². The molecule has 1 aromatic carbocycles. The number of nitrogens with one attached hydrogen (secondary N) is 2. The minimum atomic E-state index is -0.446. The van der Waals surface area contributed by atoms with Crippen LogP contribution >= 0.6 is 0 Å². The molecule has 8 nitrogen and oxygen atoms in total. The summed E-state index contributed by atoms with van der Waals surface area (Å²) >= 11 is 0. The fourth-order valence-corrected chi connectivity index (χ4v) is 2.07. The number of hydrogen-bond acceptors (Lipinski definition) is 8. The molecule has 0 heterocycles. The fourth-order valence-electron chi connectivity index (χ4n) is 2.07.